The molecule has 0 aliphatic carbocycles. The second-order valence-corrected chi connectivity index (χ2v) is 9.31. The Labute approximate surface area is 211 Å². The largest absolute Gasteiger partial charge is 0.385 e. The summed E-state index contributed by atoms with van der Waals surface area (Å²) < 4.78 is 0. The van der Waals surface area contributed by atoms with Crippen LogP contribution in [0.4, 0.5) is 17.1 Å². The Morgan fingerprint density at radius 1 is 1.09 bits per heavy atom. The van der Waals surface area contributed by atoms with E-state index in [-0.39, 0.29) is 17.7 Å². The highest BCUT2D eigenvalue weighted by Crippen LogP contribution is 2.37. The average molecular weight is 489 g/mol. The van der Waals surface area contributed by atoms with Crippen molar-refractivity contribution in [3.8, 4) is 0 Å². The van der Waals surface area contributed by atoms with Gasteiger partial charge in [-0.2, -0.15) is 0 Å². The van der Waals surface area contributed by atoms with Crippen molar-refractivity contribution in [1.82, 2.24) is 4.90 Å². The van der Waals surface area contributed by atoms with Crippen molar-refractivity contribution < 1.29 is 9.59 Å². The second kappa shape index (κ2) is 10.8. The summed E-state index contributed by atoms with van der Waals surface area (Å²) in [6, 6.07) is 22.9. The zero-order valence-electron chi connectivity index (χ0n) is 20.1. The molecule has 3 aromatic carbocycles. The van der Waals surface area contributed by atoms with Crippen molar-refractivity contribution in [1.29, 1.82) is 0 Å². The highest BCUT2D eigenvalue weighted by atomic mass is 35.5. The fraction of sp³-hybridized carbons (Fsp3) is 0.250. The van der Waals surface area contributed by atoms with E-state index in [2.05, 4.69) is 10.6 Å². The molecule has 3 aromatic rings. The normalized spacial score (nSPS) is 16.1. The van der Waals surface area contributed by atoms with Crippen LogP contribution in [0, 0.1) is 0 Å². The molecule has 0 radical (unpaired) electrons. The van der Waals surface area contributed by atoms with Gasteiger partial charge in [0.25, 0.3) is 0 Å². The van der Waals surface area contributed by atoms with Crippen LogP contribution in [0.5, 0.6) is 0 Å². The first-order valence-electron chi connectivity index (χ1n) is 11.6. The molecule has 0 bridgehead atoms. The summed E-state index contributed by atoms with van der Waals surface area (Å²) in [6.07, 6.45) is 0.723. The third-order valence-corrected chi connectivity index (χ3v) is 6.38. The van der Waals surface area contributed by atoms with Gasteiger partial charge in [0.15, 0.2) is 0 Å². The molecule has 0 aromatic heterocycles. The molecule has 180 valence electrons. The first-order valence-corrected chi connectivity index (χ1v) is 12.0. The number of anilines is 2. The zero-order valence-corrected chi connectivity index (χ0v) is 20.8. The van der Waals surface area contributed by atoms with Gasteiger partial charge >= 0.3 is 0 Å². The number of hydrogen-bond donors (Lipinski definition) is 2. The first-order chi connectivity index (χ1) is 16.8. The number of nitrogens with one attached hydrogen (secondary N) is 2. The van der Waals surface area contributed by atoms with Crippen LogP contribution in [0.2, 0.25) is 5.02 Å². The summed E-state index contributed by atoms with van der Waals surface area (Å²) in [4.78, 5) is 31.7. The van der Waals surface area contributed by atoms with Gasteiger partial charge in [0.05, 0.1) is 17.4 Å². The maximum Gasteiger partial charge on any atom is 0.238 e. The van der Waals surface area contributed by atoms with Gasteiger partial charge in [-0.05, 0) is 75.0 Å². The SMILES string of the molecule is CC(=O)C(CCNc1ccc(N=C(c2ccccc2)C2C(=O)Nc3cc(Cl)ccc32)cc1)N(C)C. The fourth-order valence-electron chi connectivity index (χ4n) is 4.38. The molecule has 2 atom stereocenters. The molecule has 2 unspecified atom stereocenters. The van der Waals surface area contributed by atoms with Gasteiger partial charge < -0.3 is 10.6 Å². The average Bonchev–Trinajstić information content (AvgIpc) is 3.15. The maximum absolute atomic E-state index is 13.0. The number of rotatable bonds is 9. The molecule has 35 heavy (non-hydrogen) atoms. The maximum atomic E-state index is 13.0. The summed E-state index contributed by atoms with van der Waals surface area (Å²) in [5, 5.41) is 6.89. The lowest BCUT2D eigenvalue weighted by molar-refractivity contribution is -0.121. The number of ketones is 1. The van der Waals surface area contributed by atoms with E-state index in [1.807, 2.05) is 79.7 Å². The number of likely N-dealkylation sites (N-methyl/N-ethyl adjacent to an activating group) is 1. The van der Waals surface area contributed by atoms with Crippen LogP contribution < -0.4 is 10.6 Å². The Kier molecular flexibility index (Phi) is 7.63. The van der Waals surface area contributed by atoms with E-state index in [1.54, 1.807) is 19.1 Å². The third-order valence-electron chi connectivity index (χ3n) is 6.15. The lowest BCUT2D eigenvalue weighted by atomic mass is 9.90. The van der Waals surface area contributed by atoms with Crippen molar-refractivity contribution in [3.63, 3.8) is 0 Å². The minimum atomic E-state index is -0.531. The van der Waals surface area contributed by atoms with E-state index in [0.29, 0.717) is 17.3 Å². The summed E-state index contributed by atoms with van der Waals surface area (Å²) >= 11 is 6.14. The summed E-state index contributed by atoms with van der Waals surface area (Å²) in [5.41, 5.74) is 4.85. The van der Waals surface area contributed by atoms with Gasteiger partial charge in [-0.3, -0.25) is 19.5 Å². The van der Waals surface area contributed by atoms with Crippen LogP contribution in [-0.4, -0.2) is 49.0 Å². The standard InChI is InChI=1S/C28H29ClN4O2/c1-18(34)25(33(2)3)15-16-30-21-10-12-22(13-11-21)31-27(19-7-5-4-6-8-19)26-23-14-9-20(29)17-24(23)32-28(26)35/h4-14,17,25-26,30H,15-16H2,1-3H3,(H,32,35). The zero-order chi connectivity index (χ0) is 24.9. The van der Waals surface area contributed by atoms with Crippen LogP contribution >= 0.6 is 11.6 Å². The molecule has 1 aliphatic heterocycles. The number of aliphatic imine (C=N–C) groups is 1. The van der Waals surface area contributed by atoms with Crippen molar-refractivity contribution in [2.75, 3.05) is 31.3 Å². The molecule has 7 heteroatoms. The number of fused-ring (bicyclic) bond motifs is 1. The molecular weight excluding hydrogens is 460 g/mol. The van der Waals surface area contributed by atoms with Crippen molar-refractivity contribution >= 4 is 46.1 Å². The Morgan fingerprint density at radius 3 is 2.46 bits per heavy atom. The molecule has 4 rings (SSSR count). The number of carbonyl (C=O) groups excluding carboxylic acids is 2. The predicted molar refractivity (Wildman–Crippen MR) is 143 cm³/mol. The van der Waals surface area contributed by atoms with Crippen molar-refractivity contribution in [3.05, 3.63) is 88.9 Å². The summed E-state index contributed by atoms with van der Waals surface area (Å²) in [6.45, 7) is 2.31. The molecule has 2 N–H and O–H groups in total. The lowest BCUT2D eigenvalue weighted by Gasteiger charge is -2.21. The molecular formula is C28H29ClN4O2. The van der Waals surface area contributed by atoms with Crippen LogP contribution in [0.25, 0.3) is 0 Å². The molecule has 0 saturated carbocycles. The van der Waals surface area contributed by atoms with Gasteiger partial charge in [-0.1, -0.05) is 48.0 Å². The Hall–Kier alpha value is -3.48. The summed E-state index contributed by atoms with van der Waals surface area (Å²) in [5.74, 6) is -0.490. The van der Waals surface area contributed by atoms with Gasteiger partial charge in [-0.15, -0.1) is 0 Å². The van der Waals surface area contributed by atoms with Crippen LogP contribution in [0.3, 0.4) is 0 Å². The van der Waals surface area contributed by atoms with Gasteiger partial charge in [0.2, 0.25) is 5.91 Å². The fourth-order valence-corrected chi connectivity index (χ4v) is 4.55. The minimum Gasteiger partial charge on any atom is -0.385 e. The highest BCUT2D eigenvalue weighted by molar-refractivity contribution is 6.31. The number of amides is 1. The molecule has 1 heterocycles. The van der Waals surface area contributed by atoms with E-state index in [4.69, 9.17) is 16.6 Å². The van der Waals surface area contributed by atoms with Crippen LogP contribution in [-0.2, 0) is 9.59 Å². The minimum absolute atomic E-state index is 0.102. The number of carbonyl (C=O) groups is 2. The molecule has 6 nitrogen and oxygen atoms in total. The Balaban J connectivity index is 1.58. The summed E-state index contributed by atoms with van der Waals surface area (Å²) in [7, 11) is 3.83. The second-order valence-electron chi connectivity index (χ2n) is 8.87. The van der Waals surface area contributed by atoms with E-state index < -0.39 is 5.92 Å². The van der Waals surface area contributed by atoms with E-state index in [0.717, 1.165) is 34.6 Å². The van der Waals surface area contributed by atoms with E-state index in [1.165, 1.54) is 0 Å². The number of nitrogens with zero attached hydrogens (tertiary/aromatic N) is 2. The highest BCUT2D eigenvalue weighted by Gasteiger charge is 2.35. The Bertz CT molecular complexity index is 1240. The molecule has 0 saturated heterocycles. The number of Topliss-reactive ketones (excluding diaryl/α,β-unsaturated/α-hetero) is 1. The predicted octanol–water partition coefficient (Wildman–Crippen LogP) is 5.52. The molecule has 1 amide bonds. The monoisotopic (exact) mass is 488 g/mol. The number of benzene rings is 3. The number of halogens is 1. The Morgan fingerprint density at radius 2 is 1.80 bits per heavy atom. The van der Waals surface area contributed by atoms with Gasteiger partial charge in [-0.25, -0.2) is 0 Å². The lowest BCUT2D eigenvalue weighted by Crippen LogP contribution is -2.35. The van der Waals surface area contributed by atoms with Crippen LogP contribution in [0.1, 0.15) is 30.4 Å². The van der Waals surface area contributed by atoms with Gasteiger partial charge in [0.1, 0.15) is 11.7 Å². The van der Waals surface area contributed by atoms with Crippen LogP contribution in [0.15, 0.2) is 77.8 Å². The van der Waals surface area contributed by atoms with E-state index in [9.17, 15) is 9.59 Å². The van der Waals surface area contributed by atoms with E-state index >= 15 is 0 Å². The smallest absolute Gasteiger partial charge is 0.238 e. The third kappa shape index (κ3) is 5.78. The molecule has 1 aliphatic rings. The first kappa shape index (κ1) is 24.6. The molecule has 0 spiro atoms. The molecule has 0 fully saturated rings. The number of hydrogen-bond acceptors (Lipinski definition) is 5. The quantitative estimate of drug-likeness (QED) is 0.389. The topological polar surface area (TPSA) is 73.8 Å². The van der Waals surface area contributed by atoms with Crippen molar-refractivity contribution in [2.45, 2.75) is 25.3 Å². The van der Waals surface area contributed by atoms with Gasteiger partial charge in [0, 0.05) is 22.9 Å². The van der Waals surface area contributed by atoms with Crippen molar-refractivity contribution in [2.24, 2.45) is 4.99 Å².